The molecule has 0 aromatic heterocycles. The molecular formula is C18H17NO4. The molecule has 1 N–H and O–H groups in total. The number of hydrogen-bond acceptors (Lipinski definition) is 4. The average molecular weight is 311 g/mol. The Labute approximate surface area is 134 Å². The van der Waals surface area contributed by atoms with Crippen LogP contribution >= 0.6 is 0 Å². The summed E-state index contributed by atoms with van der Waals surface area (Å²) in [6, 6.07) is 15.1. The van der Waals surface area contributed by atoms with Crippen LogP contribution in [0.5, 0.6) is 5.75 Å². The number of methoxy groups -OCH3 is 1. The van der Waals surface area contributed by atoms with Crippen LogP contribution in [-0.4, -0.2) is 29.0 Å². The summed E-state index contributed by atoms with van der Waals surface area (Å²) in [7, 11) is 1.24. The first-order valence-electron chi connectivity index (χ1n) is 6.95. The number of aromatic hydroxyl groups is 1. The number of carbonyl (C=O) groups excluding carboxylic acids is 2. The van der Waals surface area contributed by atoms with Crippen LogP contribution < -0.4 is 0 Å². The minimum absolute atomic E-state index is 0.0468. The maximum Gasteiger partial charge on any atom is 0.354 e. The molecule has 0 saturated heterocycles. The SMILES string of the molecule is C=C(C(=O)OC)N(Cc1ccccc1)C(=O)c1ccc(O)cc1. The molecule has 0 atom stereocenters. The van der Waals surface area contributed by atoms with E-state index >= 15 is 0 Å². The Morgan fingerprint density at radius 3 is 2.26 bits per heavy atom. The lowest BCUT2D eigenvalue weighted by molar-refractivity contribution is -0.137. The molecule has 0 aliphatic heterocycles. The van der Waals surface area contributed by atoms with Crippen LogP contribution in [0.25, 0.3) is 0 Å². The molecule has 0 aliphatic carbocycles. The molecule has 0 aliphatic rings. The highest BCUT2D eigenvalue weighted by molar-refractivity contribution is 6.00. The van der Waals surface area contributed by atoms with Gasteiger partial charge in [-0.1, -0.05) is 36.9 Å². The van der Waals surface area contributed by atoms with Gasteiger partial charge < -0.3 is 9.84 Å². The number of rotatable bonds is 5. The van der Waals surface area contributed by atoms with Crippen molar-refractivity contribution in [3.63, 3.8) is 0 Å². The summed E-state index contributed by atoms with van der Waals surface area (Å²) in [5, 5.41) is 9.33. The van der Waals surface area contributed by atoms with E-state index in [2.05, 4.69) is 11.3 Å². The van der Waals surface area contributed by atoms with Gasteiger partial charge in [0.15, 0.2) is 0 Å². The van der Waals surface area contributed by atoms with E-state index in [1.54, 1.807) is 0 Å². The highest BCUT2D eigenvalue weighted by Gasteiger charge is 2.24. The van der Waals surface area contributed by atoms with Crippen molar-refractivity contribution in [3.8, 4) is 5.75 Å². The number of amides is 1. The zero-order valence-electron chi connectivity index (χ0n) is 12.7. The van der Waals surface area contributed by atoms with Gasteiger partial charge in [-0.25, -0.2) is 4.79 Å². The second kappa shape index (κ2) is 7.26. The molecule has 2 rings (SSSR count). The Balaban J connectivity index is 2.32. The first-order chi connectivity index (χ1) is 11.0. The van der Waals surface area contributed by atoms with Gasteiger partial charge in [0, 0.05) is 5.56 Å². The number of benzene rings is 2. The van der Waals surface area contributed by atoms with Crippen molar-refractivity contribution >= 4 is 11.9 Å². The van der Waals surface area contributed by atoms with Crippen LogP contribution in [0.2, 0.25) is 0 Å². The van der Waals surface area contributed by atoms with Crippen molar-refractivity contribution in [2.75, 3.05) is 7.11 Å². The minimum atomic E-state index is -0.673. The number of esters is 1. The third-order valence-corrected chi connectivity index (χ3v) is 3.29. The predicted octanol–water partition coefficient (Wildman–Crippen LogP) is 2.72. The number of hydrogen-bond donors (Lipinski definition) is 1. The maximum atomic E-state index is 12.7. The fourth-order valence-electron chi connectivity index (χ4n) is 2.04. The summed E-state index contributed by atoms with van der Waals surface area (Å²) >= 11 is 0. The van der Waals surface area contributed by atoms with Gasteiger partial charge in [0.25, 0.3) is 5.91 Å². The fourth-order valence-corrected chi connectivity index (χ4v) is 2.04. The molecule has 23 heavy (non-hydrogen) atoms. The predicted molar refractivity (Wildman–Crippen MR) is 85.6 cm³/mol. The molecule has 5 heteroatoms. The molecule has 2 aromatic rings. The van der Waals surface area contributed by atoms with Crippen LogP contribution in [0, 0.1) is 0 Å². The lowest BCUT2D eigenvalue weighted by Gasteiger charge is -2.23. The van der Waals surface area contributed by atoms with Gasteiger partial charge in [-0.05, 0) is 29.8 Å². The molecule has 0 bridgehead atoms. The zero-order chi connectivity index (χ0) is 16.8. The topological polar surface area (TPSA) is 66.8 Å². The summed E-state index contributed by atoms with van der Waals surface area (Å²) < 4.78 is 4.66. The van der Waals surface area contributed by atoms with E-state index in [0.29, 0.717) is 5.56 Å². The minimum Gasteiger partial charge on any atom is -0.508 e. The maximum absolute atomic E-state index is 12.7. The van der Waals surface area contributed by atoms with Gasteiger partial charge in [0.1, 0.15) is 11.4 Å². The van der Waals surface area contributed by atoms with Gasteiger partial charge >= 0.3 is 5.97 Å². The molecule has 1 amide bonds. The molecule has 0 heterocycles. The first-order valence-corrected chi connectivity index (χ1v) is 6.95. The molecular weight excluding hydrogens is 294 g/mol. The van der Waals surface area contributed by atoms with Gasteiger partial charge in [0.05, 0.1) is 13.7 Å². The van der Waals surface area contributed by atoms with E-state index in [1.807, 2.05) is 30.3 Å². The molecule has 0 saturated carbocycles. The highest BCUT2D eigenvalue weighted by atomic mass is 16.5. The number of phenolic OH excluding ortho intramolecular Hbond substituents is 1. The number of phenols is 1. The zero-order valence-corrected chi connectivity index (χ0v) is 12.7. The smallest absolute Gasteiger partial charge is 0.354 e. The largest absolute Gasteiger partial charge is 0.508 e. The molecule has 2 aromatic carbocycles. The fraction of sp³-hybridized carbons (Fsp3) is 0.111. The molecule has 0 spiro atoms. The number of ether oxygens (including phenoxy) is 1. The van der Waals surface area contributed by atoms with Crippen molar-refractivity contribution in [2.24, 2.45) is 0 Å². The summed E-state index contributed by atoms with van der Waals surface area (Å²) in [4.78, 5) is 25.7. The molecule has 5 nitrogen and oxygen atoms in total. The Morgan fingerprint density at radius 1 is 1.09 bits per heavy atom. The molecule has 0 unspecified atom stereocenters. The van der Waals surface area contributed by atoms with E-state index in [-0.39, 0.29) is 18.0 Å². The third kappa shape index (κ3) is 3.97. The Hall–Kier alpha value is -3.08. The van der Waals surface area contributed by atoms with E-state index in [0.717, 1.165) is 5.56 Å². The molecule has 0 radical (unpaired) electrons. The van der Waals surface area contributed by atoms with Crippen LogP contribution in [0.3, 0.4) is 0 Å². The average Bonchev–Trinajstić information content (AvgIpc) is 2.59. The quantitative estimate of drug-likeness (QED) is 0.681. The van der Waals surface area contributed by atoms with Crippen LogP contribution in [0.1, 0.15) is 15.9 Å². The van der Waals surface area contributed by atoms with Crippen molar-refractivity contribution in [1.82, 2.24) is 4.90 Å². The normalized spacial score (nSPS) is 9.96. The van der Waals surface area contributed by atoms with Crippen LogP contribution in [0.15, 0.2) is 66.9 Å². The second-order valence-corrected chi connectivity index (χ2v) is 4.86. The van der Waals surface area contributed by atoms with E-state index in [1.165, 1.54) is 36.3 Å². The van der Waals surface area contributed by atoms with Gasteiger partial charge in [0.2, 0.25) is 0 Å². The monoisotopic (exact) mass is 311 g/mol. The Morgan fingerprint density at radius 2 is 1.70 bits per heavy atom. The second-order valence-electron chi connectivity index (χ2n) is 4.86. The summed E-state index contributed by atoms with van der Waals surface area (Å²) in [5.41, 5.74) is 1.14. The molecule has 0 fully saturated rings. The van der Waals surface area contributed by atoms with Crippen molar-refractivity contribution in [2.45, 2.75) is 6.54 Å². The summed E-state index contributed by atoms with van der Waals surface area (Å²) in [6.07, 6.45) is 0. The lowest BCUT2D eigenvalue weighted by Crippen LogP contribution is -2.33. The van der Waals surface area contributed by atoms with Crippen LogP contribution in [0.4, 0.5) is 0 Å². The standard InChI is InChI=1S/C18H17NO4/c1-13(18(22)23-2)19(12-14-6-4-3-5-7-14)17(21)15-8-10-16(20)11-9-15/h3-11,20H,1,12H2,2H3. The van der Waals surface area contributed by atoms with Gasteiger partial charge in [-0.3, -0.25) is 9.69 Å². The van der Waals surface area contributed by atoms with Gasteiger partial charge in [-0.2, -0.15) is 0 Å². The highest BCUT2D eigenvalue weighted by Crippen LogP contribution is 2.17. The number of nitrogens with zero attached hydrogens (tertiary/aromatic N) is 1. The van der Waals surface area contributed by atoms with E-state index in [4.69, 9.17) is 0 Å². The van der Waals surface area contributed by atoms with E-state index in [9.17, 15) is 14.7 Å². The third-order valence-electron chi connectivity index (χ3n) is 3.29. The summed E-state index contributed by atoms with van der Waals surface area (Å²) in [5.74, 6) is -1.01. The van der Waals surface area contributed by atoms with Gasteiger partial charge in [-0.15, -0.1) is 0 Å². The Kier molecular flexibility index (Phi) is 5.15. The first kappa shape index (κ1) is 16.3. The van der Waals surface area contributed by atoms with Crippen LogP contribution in [-0.2, 0) is 16.1 Å². The summed E-state index contributed by atoms with van der Waals surface area (Å²) in [6.45, 7) is 3.86. The van der Waals surface area contributed by atoms with Crippen molar-refractivity contribution in [3.05, 3.63) is 78.0 Å². The Bertz CT molecular complexity index is 708. The van der Waals surface area contributed by atoms with Crippen molar-refractivity contribution in [1.29, 1.82) is 0 Å². The molecule has 118 valence electrons. The van der Waals surface area contributed by atoms with Crippen molar-refractivity contribution < 1.29 is 19.4 Å². The lowest BCUT2D eigenvalue weighted by atomic mass is 10.1. The number of carbonyl (C=O) groups is 2. The van der Waals surface area contributed by atoms with E-state index < -0.39 is 11.9 Å².